The highest BCUT2D eigenvalue weighted by atomic mass is 15.4. The van der Waals surface area contributed by atoms with E-state index in [1.807, 2.05) is 35.4 Å². The average molecular weight is 399 g/mol. The minimum atomic E-state index is 0.333. The van der Waals surface area contributed by atoms with Crippen molar-refractivity contribution >= 4 is 11.5 Å². The number of nitrogens with two attached hydrogens (primary N) is 1. The van der Waals surface area contributed by atoms with Gasteiger partial charge < -0.3 is 11.1 Å². The van der Waals surface area contributed by atoms with Crippen molar-refractivity contribution in [2.24, 2.45) is 15.8 Å². The third-order valence-electron chi connectivity index (χ3n) is 5.76. The second-order valence-corrected chi connectivity index (χ2v) is 7.85. The van der Waals surface area contributed by atoms with Crippen molar-refractivity contribution in [3.63, 3.8) is 0 Å². The highest BCUT2D eigenvalue weighted by molar-refractivity contribution is 5.85. The van der Waals surface area contributed by atoms with Crippen LogP contribution in [0.25, 0.3) is 11.4 Å². The number of rotatable bonds is 4. The van der Waals surface area contributed by atoms with Gasteiger partial charge in [0.15, 0.2) is 12.0 Å². The smallest absolute Gasteiger partial charge is 0.328 e. The van der Waals surface area contributed by atoms with E-state index >= 15 is 0 Å². The maximum Gasteiger partial charge on any atom is 0.328 e. The van der Waals surface area contributed by atoms with Gasteiger partial charge in [0, 0.05) is 18.3 Å². The van der Waals surface area contributed by atoms with Gasteiger partial charge in [-0.15, -0.1) is 0 Å². The van der Waals surface area contributed by atoms with E-state index in [4.69, 9.17) is 16.1 Å². The first kappa shape index (κ1) is 18.5. The number of nitrogens with zero attached hydrogens (tertiary/aromatic N) is 6. The number of azo groups is 2. The van der Waals surface area contributed by atoms with E-state index in [2.05, 4.69) is 27.6 Å². The van der Waals surface area contributed by atoms with Crippen molar-refractivity contribution in [1.29, 1.82) is 5.26 Å². The van der Waals surface area contributed by atoms with Crippen LogP contribution in [0.3, 0.4) is 0 Å². The molecule has 0 unspecified atom stereocenters. The lowest BCUT2D eigenvalue weighted by Gasteiger charge is -2.27. The number of aliphatic imine (C=N–C) groups is 1. The topological polar surface area (TPSA) is 107 Å². The summed E-state index contributed by atoms with van der Waals surface area (Å²) in [4.78, 5) is 4.54. The lowest BCUT2D eigenvalue weighted by Crippen LogP contribution is -2.37. The monoisotopic (exact) mass is 399 g/mol. The van der Waals surface area contributed by atoms with Crippen LogP contribution in [0.1, 0.15) is 43.2 Å². The van der Waals surface area contributed by atoms with E-state index < -0.39 is 0 Å². The standard InChI is InChI=1S/C22H23N8/c23-11-15-1-7-19(8-2-15)29-14-16(12-26-29)20-13-25-22-10-9-21(28-30(20)22)27-18-5-3-17(24)4-6-18/h1-2,7-9,12-14,17-18,27H,3-6,10,24H2/q+1. The molecule has 0 spiro atoms. The molecule has 8 heteroatoms. The van der Waals surface area contributed by atoms with Crippen molar-refractivity contribution < 1.29 is 4.70 Å². The third kappa shape index (κ3) is 3.55. The Morgan fingerprint density at radius 1 is 1.17 bits per heavy atom. The van der Waals surface area contributed by atoms with Crippen LogP contribution in [-0.2, 0) is 0 Å². The summed E-state index contributed by atoms with van der Waals surface area (Å²) in [6.45, 7) is 0. The largest absolute Gasteiger partial charge is 0.364 e. The number of hydrogen-bond acceptors (Lipinski definition) is 6. The lowest BCUT2D eigenvalue weighted by atomic mass is 9.92. The molecule has 1 saturated carbocycles. The summed E-state index contributed by atoms with van der Waals surface area (Å²) < 4.78 is 3.69. The Labute approximate surface area is 174 Å². The number of amidine groups is 1. The van der Waals surface area contributed by atoms with Gasteiger partial charge in [0.05, 0.1) is 35.5 Å². The quantitative estimate of drug-likeness (QED) is 0.771. The first-order chi connectivity index (χ1) is 14.7. The normalized spacial score (nSPS) is 22.9. The number of nitrogens with one attached hydrogen (secondary N) is 1. The summed E-state index contributed by atoms with van der Waals surface area (Å²) >= 11 is 0. The van der Waals surface area contributed by atoms with E-state index in [0.29, 0.717) is 17.6 Å². The molecule has 0 bridgehead atoms. The third-order valence-corrected chi connectivity index (χ3v) is 5.76. The van der Waals surface area contributed by atoms with Gasteiger partial charge in [-0.3, -0.25) is 0 Å². The van der Waals surface area contributed by atoms with Crippen molar-refractivity contribution in [2.45, 2.75) is 44.2 Å². The second-order valence-electron chi connectivity index (χ2n) is 7.85. The number of hydrogen-bond donors (Lipinski definition) is 2. The molecular weight excluding hydrogens is 376 g/mol. The molecule has 0 radical (unpaired) electrons. The molecule has 0 atom stereocenters. The van der Waals surface area contributed by atoms with Crippen LogP contribution in [-0.4, -0.2) is 32.4 Å². The van der Waals surface area contributed by atoms with Gasteiger partial charge >= 0.3 is 5.84 Å². The summed E-state index contributed by atoms with van der Waals surface area (Å²) in [6.07, 6.45) is 12.7. The van der Waals surface area contributed by atoms with E-state index in [-0.39, 0.29) is 0 Å². The molecule has 2 aliphatic heterocycles. The molecule has 3 aliphatic rings. The summed E-state index contributed by atoms with van der Waals surface area (Å²) in [6, 6.07) is 10.2. The Balaban J connectivity index is 1.33. The Bertz CT molecular complexity index is 1120. The lowest BCUT2D eigenvalue weighted by molar-refractivity contribution is -0.379. The van der Waals surface area contributed by atoms with Crippen molar-refractivity contribution in [3.8, 4) is 11.8 Å². The Kier molecular flexibility index (Phi) is 4.73. The molecule has 3 heterocycles. The van der Waals surface area contributed by atoms with Crippen LogP contribution in [0.5, 0.6) is 0 Å². The fraction of sp³-hybridized carbons (Fsp3) is 0.318. The first-order valence-corrected chi connectivity index (χ1v) is 10.3. The molecule has 30 heavy (non-hydrogen) atoms. The number of benzene rings is 1. The maximum atomic E-state index is 8.97. The highest BCUT2D eigenvalue weighted by Gasteiger charge is 2.33. The van der Waals surface area contributed by atoms with Crippen LogP contribution in [0, 0.1) is 11.3 Å². The number of aromatic nitrogens is 2. The fourth-order valence-corrected chi connectivity index (χ4v) is 4.01. The van der Waals surface area contributed by atoms with E-state index in [9.17, 15) is 0 Å². The second kappa shape index (κ2) is 7.69. The zero-order chi connectivity index (χ0) is 20.5. The SMILES string of the molecule is N#Cc1ccc(-n2cc(C3=CN=C4CC=C(NC5CCC(N)CC5)N=[N+]34)cn2)cc1. The molecule has 3 N–H and O–H groups in total. The van der Waals surface area contributed by atoms with Crippen LogP contribution < -0.4 is 11.1 Å². The van der Waals surface area contributed by atoms with Crippen molar-refractivity contribution in [2.75, 3.05) is 0 Å². The molecule has 2 aromatic rings. The predicted molar refractivity (Wildman–Crippen MR) is 112 cm³/mol. The van der Waals surface area contributed by atoms with Gasteiger partial charge in [-0.2, -0.15) is 10.4 Å². The molecule has 1 aromatic heterocycles. The summed E-state index contributed by atoms with van der Waals surface area (Å²) in [5.41, 5.74) is 9.39. The van der Waals surface area contributed by atoms with Crippen LogP contribution >= 0.6 is 0 Å². The predicted octanol–water partition coefficient (Wildman–Crippen LogP) is 3.02. The van der Waals surface area contributed by atoms with Gasteiger partial charge in [-0.25, -0.2) is 4.68 Å². The molecule has 150 valence electrons. The van der Waals surface area contributed by atoms with Crippen molar-refractivity contribution in [3.05, 3.63) is 65.9 Å². The summed E-state index contributed by atoms with van der Waals surface area (Å²) in [7, 11) is 0. The molecule has 1 aliphatic carbocycles. The van der Waals surface area contributed by atoms with Crippen LogP contribution in [0.2, 0.25) is 0 Å². The average Bonchev–Trinajstić information content (AvgIpc) is 3.42. The summed E-state index contributed by atoms with van der Waals surface area (Å²) in [5, 5.41) is 21.8. The molecule has 0 amide bonds. The van der Waals surface area contributed by atoms with E-state index in [1.54, 1.807) is 16.8 Å². The number of fused-ring (bicyclic) bond motifs is 1. The maximum absolute atomic E-state index is 8.97. The Hall–Kier alpha value is -3.57. The highest BCUT2D eigenvalue weighted by Crippen LogP contribution is 2.27. The van der Waals surface area contributed by atoms with Gasteiger partial charge in [-0.05, 0) is 61.0 Å². The molecular formula is C22H23N8+. The molecule has 8 nitrogen and oxygen atoms in total. The fourth-order valence-electron chi connectivity index (χ4n) is 4.01. The summed E-state index contributed by atoms with van der Waals surface area (Å²) in [5.74, 6) is 1.80. The first-order valence-electron chi connectivity index (χ1n) is 10.3. The van der Waals surface area contributed by atoms with Crippen LogP contribution in [0.15, 0.2) is 64.9 Å². The van der Waals surface area contributed by atoms with Gasteiger partial charge in [0.1, 0.15) is 0 Å². The van der Waals surface area contributed by atoms with Gasteiger partial charge in [0.25, 0.3) is 0 Å². The van der Waals surface area contributed by atoms with Gasteiger partial charge in [0.2, 0.25) is 5.70 Å². The Morgan fingerprint density at radius 3 is 2.73 bits per heavy atom. The van der Waals surface area contributed by atoms with Crippen molar-refractivity contribution in [1.82, 2.24) is 15.1 Å². The van der Waals surface area contributed by atoms with Gasteiger partial charge in [-0.1, -0.05) is 9.81 Å². The molecule has 5 rings (SSSR count). The van der Waals surface area contributed by atoms with E-state index in [0.717, 1.165) is 60.7 Å². The minimum Gasteiger partial charge on any atom is -0.364 e. The number of nitriles is 1. The van der Waals surface area contributed by atoms with E-state index in [1.165, 1.54) is 0 Å². The molecule has 0 saturated heterocycles. The minimum absolute atomic E-state index is 0.333. The molecule has 1 fully saturated rings. The molecule has 1 aromatic carbocycles. The van der Waals surface area contributed by atoms with Crippen LogP contribution in [0.4, 0.5) is 0 Å². The zero-order valence-electron chi connectivity index (χ0n) is 16.6. The zero-order valence-corrected chi connectivity index (χ0v) is 16.6. The Morgan fingerprint density at radius 2 is 1.97 bits per heavy atom.